The molecule has 0 aliphatic heterocycles. The number of carbonyl (C=O) groups is 1. The van der Waals surface area contributed by atoms with Crippen molar-refractivity contribution in [3.8, 4) is 11.8 Å². The fraction of sp³-hybridized carbons (Fsp3) is 0.174. The van der Waals surface area contributed by atoms with E-state index in [2.05, 4.69) is 5.32 Å². The van der Waals surface area contributed by atoms with E-state index in [4.69, 9.17) is 0 Å². The molecule has 0 radical (unpaired) electrons. The van der Waals surface area contributed by atoms with Gasteiger partial charge in [-0.1, -0.05) is 55.0 Å². The van der Waals surface area contributed by atoms with Crippen molar-refractivity contribution >= 4 is 28.9 Å². The Kier molecular flexibility index (Phi) is 6.10. The standard InChI is InChI=1S/C23H21N3O2S/c1-4-17-10-5-6-11-19(17)26-22(28)20(13-16-9-7-8-15(2)12-16)29-23(26)18(14-24)21(27)25-3/h5-13H,4H2,1-3H3,(H,25,27)/b20-13+,23-18-. The lowest BCUT2D eigenvalue weighted by Gasteiger charge is -2.08. The maximum atomic E-state index is 13.4. The molecule has 0 saturated carbocycles. The average molecular weight is 404 g/mol. The molecule has 0 saturated heterocycles. The summed E-state index contributed by atoms with van der Waals surface area (Å²) in [5.41, 5.74) is 3.30. The van der Waals surface area contributed by atoms with Crippen LogP contribution in [0.1, 0.15) is 23.6 Å². The lowest BCUT2D eigenvalue weighted by molar-refractivity contribution is -0.115. The summed E-state index contributed by atoms with van der Waals surface area (Å²) in [6.07, 6.45) is 2.52. The highest BCUT2D eigenvalue weighted by Gasteiger charge is 2.17. The van der Waals surface area contributed by atoms with E-state index in [0.717, 1.165) is 34.4 Å². The van der Waals surface area contributed by atoms with E-state index in [1.54, 1.807) is 6.08 Å². The molecule has 29 heavy (non-hydrogen) atoms. The first-order valence-electron chi connectivity index (χ1n) is 9.25. The van der Waals surface area contributed by atoms with Crippen LogP contribution < -0.4 is 20.1 Å². The number of hydrogen-bond donors (Lipinski definition) is 1. The lowest BCUT2D eigenvalue weighted by atomic mass is 10.1. The normalized spacial score (nSPS) is 12.4. The fourth-order valence-corrected chi connectivity index (χ4v) is 4.22. The number of rotatable bonds is 4. The summed E-state index contributed by atoms with van der Waals surface area (Å²) in [6.45, 7) is 3.99. The predicted molar refractivity (Wildman–Crippen MR) is 116 cm³/mol. The van der Waals surface area contributed by atoms with E-state index in [9.17, 15) is 14.9 Å². The summed E-state index contributed by atoms with van der Waals surface area (Å²) >= 11 is 1.15. The Morgan fingerprint density at radius 3 is 2.66 bits per heavy atom. The first kappa shape index (κ1) is 20.3. The van der Waals surface area contributed by atoms with Crippen molar-refractivity contribution in [2.45, 2.75) is 20.3 Å². The van der Waals surface area contributed by atoms with Gasteiger partial charge in [0.05, 0.1) is 10.2 Å². The lowest BCUT2D eigenvalue weighted by Crippen LogP contribution is -2.33. The number of benzene rings is 2. The molecule has 0 unspecified atom stereocenters. The summed E-state index contributed by atoms with van der Waals surface area (Å²) in [6, 6.07) is 17.3. The Morgan fingerprint density at radius 1 is 1.24 bits per heavy atom. The smallest absolute Gasteiger partial charge is 0.273 e. The summed E-state index contributed by atoms with van der Waals surface area (Å²) in [4.78, 5) is 25.7. The molecule has 6 heteroatoms. The Labute approximate surface area is 172 Å². The van der Waals surface area contributed by atoms with Gasteiger partial charge in [0.25, 0.3) is 11.5 Å². The number of aryl methyl sites for hydroxylation is 2. The highest BCUT2D eigenvalue weighted by atomic mass is 32.1. The molecule has 1 amide bonds. The number of carbonyl (C=O) groups excluding carboxylic acids is 1. The van der Waals surface area contributed by atoms with Gasteiger partial charge in [-0.15, -0.1) is 11.3 Å². The van der Waals surface area contributed by atoms with Crippen LogP contribution in [0.15, 0.2) is 53.3 Å². The molecule has 3 aromatic rings. The van der Waals surface area contributed by atoms with E-state index in [1.165, 1.54) is 11.6 Å². The Hall–Kier alpha value is -3.43. The van der Waals surface area contributed by atoms with Gasteiger partial charge in [0.15, 0.2) is 5.57 Å². The van der Waals surface area contributed by atoms with Crippen molar-refractivity contribution in [2.75, 3.05) is 7.05 Å². The van der Waals surface area contributed by atoms with Gasteiger partial charge in [-0.25, -0.2) is 0 Å². The molecule has 3 rings (SSSR count). The average Bonchev–Trinajstić information content (AvgIpc) is 3.04. The number of para-hydroxylation sites is 1. The quantitative estimate of drug-likeness (QED) is 0.724. The topological polar surface area (TPSA) is 74.9 Å². The second-order valence-corrected chi connectivity index (χ2v) is 7.55. The van der Waals surface area contributed by atoms with Crippen molar-refractivity contribution in [1.29, 1.82) is 5.26 Å². The van der Waals surface area contributed by atoms with Gasteiger partial charge in [-0.05, 0) is 36.6 Å². The summed E-state index contributed by atoms with van der Waals surface area (Å²) < 4.78 is 2.28. The monoisotopic (exact) mass is 403 g/mol. The summed E-state index contributed by atoms with van der Waals surface area (Å²) in [5, 5.41) is 12.1. The number of nitrogens with one attached hydrogen (secondary N) is 1. The number of nitriles is 1. The van der Waals surface area contributed by atoms with Crippen molar-refractivity contribution in [1.82, 2.24) is 9.88 Å². The molecular weight excluding hydrogens is 382 g/mol. The number of aromatic nitrogens is 1. The first-order chi connectivity index (χ1) is 14.0. The van der Waals surface area contributed by atoms with E-state index in [1.807, 2.05) is 68.4 Å². The maximum absolute atomic E-state index is 13.4. The number of hydrogen-bond acceptors (Lipinski definition) is 4. The van der Waals surface area contributed by atoms with E-state index < -0.39 is 5.91 Å². The molecule has 0 aliphatic rings. The molecule has 1 N–H and O–H groups in total. The molecule has 0 bridgehead atoms. The van der Waals surface area contributed by atoms with Crippen molar-refractivity contribution < 1.29 is 4.79 Å². The van der Waals surface area contributed by atoms with Crippen LogP contribution in [-0.4, -0.2) is 17.5 Å². The first-order valence-corrected chi connectivity index (χ1v) is 10.1. The van der Waals surface area contributed by atoms with Gasteiger partial charge in [0.2, 0.25) is 0 Å². The minimum absolute atomic E-state index is 0.0793. The van der Waals surface area contributed by atoms with Crippen molar-refractivity contribution in [3.63, 3.8) is 0 Å². The van der Waals surface area contributed by atoms with Gasteiger partial charge >= 0.3 is 0 Å². The second kappa shape index (κ2) is 8.72. The van der Waals surface area contributed by atoms with Crippen LogP contribution in [0.2, 0.25) is 0 Å². The van der Waals surface area contributed by atoms with E-state index in [0.29, 0.717) is 14.9 Å². The van der Waals surface area contributed by atoms with E-state index in [-0.39, 0.29) is 11.1 Å². The second-order valence-electron chi connectivity index (χ2n) is 6.52. The molecule has 0 spiro atoms. The molecular formula is C23H21N3O2S. The molecule has 2 aromatic carbocycles. The number of thiazole rings is 1. The Bertz CT molecular complexity index is 1290. The molecule has 0 atom stereocenters. The molecule has 5 nitrogen and oxygen atoms in total. The van der Waals surface area contributed by atoms with Gasteiger partial charge in [-0.2, -0.15) is 5.26 Å². The largest absolute Gasteiger partial charge is 0.354 e. The highest BCUT2D eigenvalue weighted by Crippen LogP contribution is 2.12. The van der Waals surface area contributed by atoms with Gasteiger partial charge < -0.3 is 5.32 Å². The third kappa shape index (κ3) is 4.05. The molecule has 0 fully saturated rings. The molecule has 1 aromatic heterocycles. The molecule has 146 valence electrons. The van der Waals surface area contributed by atoms with Gasteiger partial charge in [0, 0.05) is 7.05 Å². The zero-order chi connectivity index (χ0) is 21.0. The van der Waals surface area contributed by atoms with Gasteiger partial charge in [-0.3, -0.25) is 14.2 Å². The van der Waals surface area contributed by atoms with Gasteiger partial charge in [0.1, 0.15) is 10.7 Å². The minimum Gasteiger partial charge on any atom is -0.354 e. The molecule has 0 aliphatic carbocycles. The van der Waals surface area contributed by atoms with E-state index >= 15 is 0 Å². The van der Waals surface area contributed by atoms with Crippen LogP contribution >= 0.6 is 11.3 Å². The maximum Gasteiger partial charge on any atom is 0.273 e. The van der Waals surface area contributed by atoms with Crippen LogP contribution in [0.5, 0.6) is 0 Å². The molecule has 1 heterocycles. The third-order valence-corrected chi connectivity index (χ3v) is 5.65. The Balaban J connectivity index is 2.46. The summed E-state index contributed by atoms with van der Waals surface area (Å²) in [5.74, 6) is -0.515. The fourth-order valence-electron chi connectivity index (χ4n) is 3.13. The van der Waals surface area contributed by atoms with Crippen LogP contribution in [-0.2, 0) is 11.2 Å². The van der Waals surface area contributed by atoms with Crippen molar-refractivity contribution in [2.24, 2.45) is 0 Å². The SMILES string of the molecule is CCc1ccccc1-n1c(=O)/c(=C\c2cccc(C)c2)s/c1=C(/C#N)C(=O)NC. The van der Waals surface area contributed by atoms with Crippen LogP contribution in [0, 0.1) is 18.3 Å². The zero-order valence-electron chi connectivity index (χ0n) is 16.5. The zero-order valence-corrected chi connectivity index (χ0v) is 17.3. The third-order valence-electron chi connectivity index (χ3n) is 4.56. The van der Waals surface area contributed by atoms with Crippen LogP contribution in [0.4, 0.5) is 0 Å². The van der Waals surface area contributed by atoms with Crippen molar-refractivity contribution in [3.05, 3.63) is 84.8 Å². The Morgan fingerprint density at radius 2 is 2.00 bits per heavy atom. The van der Waals surface area contributed by atoms with Crippen LogP contribution in [0.25, 0.3) is 17.3 Å². The number of amides is 1. The highest BCUT2D eigenvalue weighted by molar-refractivity contribution is 7.07. The number of nitrogens with zero attached hydrogens (tertiary/aromatic N) is 2. The minimum atomic E-state index is -0.515. The summed E-state index contributed by atoms with van der Waals surface area (Å²) in [7, 11) is 1.47. The van der Waals surface area contributed by atoms with Crippen LogP contribution in [0.3, 0.4) is 0 Å². The predicted octanol–water partition coefficient (Wildman–Crippen LogP) is 2.02.